The lowest BCUT2D eigenvalue weighted by Gasteiger charge is -2.18. The summed E-state index contributed by atoms with van der Waals surface area (Å²) in [5.41, 5.74) is 4.79. The van der Waals surface area contributed by atoms with Crippen molar-refractivity contribution >= 4 is 15.9 Å². The molecule has 21 heavy (non-hydrogen) atoms. The average Bonchev–Trinajstić information content (AvgIpc) is 2.53. The summed E-state index contributed by atoms with van der Waals surface area (Å²) in [5.74, 6) is 7.06. The van der Waals surface area contributed by atoms with Crippen molar-refractivity contribution in [2.24, 2.45) is 5.84 Å². The third kappa shape index (κ3) is 3.93. The minimum Gasteiger partial charge on any atom is -0.493 e. The summed E-state index contributed by atoms with van der Waals surface area (Å²) in [6.45, 7) is 0. The van der Waals surface area contributed by atoms with Crippen LogP contribution in [-0.4, -0.2) is 19.2 Å². The number of hydrogen-bond acceptors (Lipinski definition) is 5. The molecule has 6 heteroatoms. The van der Waals surface area contributed by atoms with Gasteiger partial charge in [-0.25, -0.2) is 0 Å². The van der Waals surface area contributed by atoms with Crippen molar-refractivity contribution in [3.8, 4) is 11.5 Å². The van der Waals surface area contributed by atoms with Gasteiger partial charge in [0, 0.05) is 22.8 Å². The van der Waals surface area contributed by atoms with Crippen molar-refractivity contribution in [3.63, 3.8) is 0 Å². The summed E-state index contributed by atoms with van der Waals surface area (Å²) in [6.07, 6.45) is 2.46. The Bertz CT molecular complexity index is 590. The van der Waals surface area contributed by atoms with Gasteiger partial charge in [-0.05, 0) is 45.8 Å². The molecule has 1 atom stereocenters. The molecule has 0 saturated heterocycles. The molecule has 0 radical (unpaired) electrons. The van der Waals surface area contributed by atoms with Gasteiger partial charge in [0.1, 0.15) is 0 Å². The first kappa shape index (κ1) is 15.8. The van der Waals surface area contributed by atoms with Gasteiger partial charge in [0.05, 0.1) is 20.3 Å². The first-order valence-electron chi connectivity index (χ1n) is 6.46. The highest BCUT2D eigenvalue weighted by atomic mass is 79.9. The van der Waals surface area contributed by atoms with Crippen molar-refractivity contribution in [3.05, 3.63) is 52.3 Å². The van der Waals surface area contributed by atoms with E-state index in [9.17, 15) is 0 Å². The molecule has 0 saturated carbocycles. The summed E-state index contributed by atoms with van der Waals surface area (Å²) >= 11 is 3.38. The molecular formula is C15H18BrN3O2. The molecule has 5 nitrogen and oxygen atoms in total. The zero-order valence-corrected chi connectivity index (χ0v) is 13.6. The smallest absolute Gasteiger partial charge is 0.161 e. The second kappa shape index (κ2) is 7.40. The van der Waals surface area contributed by atoms with Gasteiger partial charge in [-0.3, -0.25) is 16.3 Å². The molecular weight excluding hydrogens is 334 g/mol. The number of benzene rings is 1. The molecule has 1 aromatic carbocycles. The Morgan fingerprint density at radius 2 is 1.95 bits per heavy atom. The van der Waals surface area contributed by atoms with E-state index in [4.69, 9.17) is 15.3 Å². The monoisotopic (exact) mass is 351 g/mol. The molecule has 1 heterocycles. The molecule has 0 spiro atoms. The van der Waals surface area contributed by atoms with Crippen LogP contribution in [0.2, 0.25) is 0 Å². The lowest BCUT2D eigenvalue weighted by atomic mass is 10.0. The lowest BCUT2D eigenvalue weighted by Crippen LogP contribution is -2.29. The van der Waals surface area contributed by atoms with Crippen LogP contribution in [-0.2, 0) is 6.42 Å². The molecule has 1 aromatic heterocycles. The maximum absolute atomic E-state index is 5.69. The Morgan fingerprint density at radius 3 is 2.52 bits per heavy atom. The normalized spacial score (nSPS) is 12.0. The molecule has 0 aliphatic rings. The number of aromatic nitrogens is 1. The Morgan fingerprint density at radius 1 is 1.19 bits per heavy atom. The highest BCUT2D eigenvalue weighted by molar-refractivity contribution is 9.10. The predicted octanol–water partition coefficient (Wildman–Crippen LogP) is 2.61. The fourth-order valence-corrected chi connectivity index (χ4v) is 2.31. The van der Waals surface area contributed by atoms with Crippen LogP contribution in [0.15, 0.2) is 41.0 Å². The van der Waals surface area contributed by atoms with Crippen molar-refractivity contribution in [1.29, 1.82) is 0 Å². The van der Waals surface area contributed by atoms with Gasteiger partial charge in [0.15, 0.2) is 11.5 Å². The number of pyridine rings is 1. The molecule has 1 unspecified atom stereocenters. The summed E-state index contributed by atoms with van der Waals surface area (Å²) < 4.78 is 11.5. The minimum absolute atomic E-state index is 0.0570. The van der Waals surface area contributed by atoms with Crippen molar-refractivity contribution < 1.29 is 9.47 Å². The number of halogens is 1. The Balaban J connectivity index is 2.22. The van der Waals surface area contributed by atoms with Crippen LogP contribution in [0.25, 0.3) is 0 Å². The van der Waals surface area contributed by atoms with Gasteiger partial charge in [0.25, 0.3) is 0 Å². The van der Waals surface area contributed by atoms with Crippen LogP contribution < -0.4 is 20.7 Å². The first-order valence-corrected chi connectivity index (χ1v) is 7.25. The van der Waals surface area contributed by atoms with E-state index in [0.29, 0.717) is 17.9 Å². The minimum atomic E-state index is -0.0570. The fourth-order valence-electron chi connectivity index (χ4n) is 2.08. The molecule has 0 fully saturated rings. The number of nitrogens with one attached hydrogen (secondary N) is 1. The molecule has 0 bridgehead atoms. The average molecular weight is 352 g/mol. The summed E-state index contributed by atoms with van der Waals surface area (Å²) in [7, 11) is 3.23. The molecule has 0 aliphatic carbocycles. The Kier molecular flexibility index (Phi) is 5.55. The number of hydrazine groups is 1. The van der Waals surface area contributed by atoms with E-state index in [0.717, 1.165) is 15.7 Å². The number of ether oxygens (including phenoxy) is 2. The van der Waals surface area contributed by atoms with Crippen LogP contribution in [0.5, 0.6) is 11.5 Å². The van der Waals surface area contributed by atoms with Crippen LogP contribution in [0, 0.1) is 0 Å². The topological polar surface area (TPSA) is 69.4 Å². The summed E-state index contributed by atoms with van der Waals surface area (Å²) in [6, 6.07) is 9.62. The molecule has 3 N–H and O–H groups in total. The molecule has 0 amide bonds. The van der Waals surface area contributed by atoms with Crippen molar-refractivity contribution in [1.82, 2.24) is 10.4 Å². The zero-order valence-electron chi connectivity index (χ0n) is 12.0. The SMILES string of the molecule is COc1ccc(C(Cc2ccc(Br)cn2)NN)cc1OC. The maximum Gasteiger partial charge on any atom is 0.161 e. The van der Waals surface area contributed by atoms with Gasteiger partial charge in [0.2, 0.25) is 0 Å². The second-order valence-electron chi connectivity index (χ2n) is 4.51. The standard InChI is InChI=1S/C15H18BrN3O2/c1-20-14-6-3-10(7-15(14)21-2)13(19-17)8-12-5-4-11(16)9-18-12/h3-7,9,13,19H,8,17H2,1-2H3. The van der Waals surface area contributed by atoms with E-state index < -0.39 is 0 Å². The van der Waals surface area contributed by atoms with Crippen LogP contribution in [0.4, 0.5) is 0 Å². The highest BCUT2D eigenvalue weighted by Gasteiger charge is 2.14. The Hall–Kier alpha value is -1.63. The number of nitrogens with zero attached hydrogens (tertiary/aromatic N) is 1. The summed E-state index contributed by atoms with van der Waals surface area (Å²) in [5, 5.41) is 0. The van der Waals surface area contributed by atoms with E-state index in [1.807, 2.05) is 30.3 Å². The second-order valence-corrected chi connectivity index (χ2v) is 5.42. The summed E-state index contributed by atoms with van der Waals surface area (Å²) in [4.78, 5) is 4.37. The molecule has 112 valence electrons. The number of nitrogens with two attached hydrogens (primary N) is 1. The highest BCUT2D eigenvalue weighted by Crippen LogP contribution is 2.30. The lowest BCUT2D eigenvalue weighted by molar-refractivity contribution is 0.353. The van der Waals surface area contributed by atoms with E-state index in [2.05, 4.69) is 26.3 Å². The van der Waals surface area contributed by atoms with E-state index in [1.165, 1.54) is 0 Å². The maximum atomic E-state index is 5.69. The third-order valence-electron chi connectivity index (χ3n) is 3.21. The van der Waals surface area contributed by atoms with Gasteiger partial charge in [-0.2, -0.15) is 0 Å². The number of methoxy groups -OCH3 is 2. The van der Waals surface area contributed by atoms with Crippen LogP contribution in [0.3, 0.4) is 0 Å². The zero-order chi connectivity index (χ0) is 15.2. The van der Waals surface area contributed by atoms with Crippen molar-refractivity contribution in [2.45, 2.75) is 12.5 Å². The van der Waals surface area contributed by atoms with Crippen molar-refractivity contribution in [2.75, 3.05) is 14.2 Å². The largest absolute Gasteiger partial charge is 0.493 e. The number of rotatable bonds is 6. The van der Waals surface area contributed by atoms with E-state index in [-0.39, 0.29) is 6.04 Å². The first-order chi connectivity index (χ1) is 10.2. The van der Waals surface area contributed by atoms with Crippen LogP contribution >= 0.6 is 15.9 Å². The van der Waals surface area contributed by atoms with Gasteiger partial charge < -0.3 is 9.47 Å². The fraction of sp³-hybridized carbons (Fsp3) is 0.267. The van der Waals surface area contributed by atoms with Gasteiger partial charge in [-0.1, -0.05) is 6.07 Å². The van der Waals surface area contributed by atoms with E-state index in [1.54, 1.807) is 20.4 Å². The Labute approximate surface area is 132 Å². The number of hydrogen-bond donors (Lipinski definition) is 2. The molecule has 2 aromatic rings. The molecule has 0 aliphatic heterocycles. The van der Waals surface area contributed by atoms with Gasteiger partial charge >= 0.3 is 0 Å². The predicted molar refractivity (Wildman–Crippen MR) is 85.3 cm³/mol. The van der Waals surface area contributed by atoms with Crippen LogP contribution in [0.1, 0.15) is 17.3 Å². The molecule has 2 rings (SSSR count). The quantitative estimate of drug-likeness (QED) is 0.618. The van der Waals surface area contributed by atoms with E-state index >= 15 is 0 Å². The third-order valence-corrected chi connectivity index (χ3v) is 3.68. The van der Waals surface area contributed by atoms with Gasteiger partial charge in [-0.15, -0.1) is 0 Å².